The van der Waals surface area contributed by atoms with E-state index in [1.165, 1.54) is 12.1 Å². The molecule has 5 nitrogen and oxygen atoms in total. The molecular formula is C16H13Cl2NO4. The van der Waals surface area contributed by atoms with Gasteiger partial charge >= 0.3 is 5.97 Å². The summed E-state index contributed by atoms with van der Waals surface area (Å²) in [5.41, 5.74) is 5.98. The molecular weight excluding hydrogens is 341 g/mol. The van der Waals surface area contributed by atoms with Crippen LogP contribution in [0.1, 0.15) is 15.9 Å². The number of hydrogen-bond donors (Lipinski definition) is 1. The molecule has 7 heteroatoms. The summed E-state index contributed by atoms with van der Waals surface area (Å²) in [6.07, 6.45) is 0. The second-order valence-corrected chi connectivity index (χ2v) is 5.43. The van der Waals surface area contributed by atoms with E-state index in [2.05, 4.69) is 0 Å². The fourth-order valence-corrected chi connectivity index (χ4v) is 2.17. The normalized spacial score (nSPS) is 10.2. The third-order valence-electron chi connectivity index (χ3n) is 2.84. The van der Waals surface area contributed by atoms with Crippen LogP contribution in [0, 0.1) is 0 Å². The van der Waals surface area contributed by atoms with Crippen LogP contribution in [-0.2, 0) is 16.1 Å². The number of carbonyl (C=O) groups is 2. The van der Waals surface area contributed by atoms with E-state index in [1.807, 2.05) is 0 Å². The van der Waals surface area contributed by atoms with Crippen LogP contribution >= 0.6 is 23.2 Å². The summed E-state index contributed by atoms with van der Waals surface area (Å²) >= 11 is 11.8. The summed E-state index contributed by atoms with van der Waals surface area (Å²) < 4.78 is 10.3. The van der Waals surface area contributed by atoms with Crippen molar-refractivity contribution in [2.24, 2.45) is 5.73 Å². The van der Waals surface area contributed by atoms with Gasteiger partial charge in [0.15, 0.2) is 6.61 Å². The molecule has 0 saturated carbocycles. The van der Waals surface area contributed by atoms with Gasteiger partial charge in [0.1, 0.15) is 12.4 Å². The number of rotatable bonds is 6. The van der Waals surface area contributed by atoms with E-state index in [-0.39, 0.29) is 13.2 Å². The van der Waals surface area contributed by atoms with E-state index in [0.29, 0.717) is 26.9 Å². The van der Waals surface area contributed by atoms with Gasteiger partial charge in [-0.25, -0.2) is 4.79 Å². The summed E-state index contributed by atoms with van der Waals surface area (Å²) in [7, 11) is 0. The number of amides is 1. The molecule has 0 aromatic heterocycles. The predicted molar refractivity (Wildman–Crippen MR) is 86.7 cm³/mol. The van der Waals surface area contributed by atoms with Crippen molar-refractivity contribution in [1.29, 1.82) is 0 Å². The number of ether oxygens (including phenoxy) is 2. The lowest BCUT2D eigenvalue weighted by Gasteiger charge is -2.08. The first-order valence-electron chi connectivity index (χ1n) is 6.58. The molecule has 0 radical (unpaired) electrons. The third-order valence-corrected chi connectivity index (χ3v) is 3.43. The molecule has 1 amide bonds. The predicted octanol–water partition coefficient (Wildman–Crippen LogP) is 3.21. The van der Waals surface area contributed by atoms with Gasteiger partial charge in [-0.15, -0.1) is 0 Å². The second-order valence-electron chi connectivity index (χ2n) is 4.59. The van der Waals surface area contributed by atoms with Gasteiger partial charge in [-0.3, -0.25) is 4.79 Å². The number of benzene rings is 2. The highest BCUT2D eigenvalue weighted by atomic mass is 35.5. The van der Waals surface area contributed by atoms with Crippen molar-refractivity contribution >= 4 is 35.1 Å². The van der Waals surface area contributed by atoms with Gasteiger partial charge in [0, 0.05) is 15.6 Å². The molecule has 0 aliphatic carbocycles. The van der Waals surface area contributed by atoms with Crippen LogP contribution in [0.15, 0.2) is 42.5 Å². The first-order chi connectivity index (χ1) is 11.0. The molecule has 0 spiro atoms. The number of nitrogens with two attached hydrogens (primary N) is 1. The molecule has 0 bridgehead atoms. The van der Waals surface area contributed by atoms with Crippen molar-refractivity contribution in [3.8, 4) is 5.75 Å². The molecule has 2 aromatic carbocycles. The number of carbonyl (C=O) groups excluding carboxylic acids is 2. The zero-order valence-electron chi connectivity index (χ0n) is 11.9. The molecule has 0 fully saturated rings. The summed E-state index contributed by atoms with van der Waals surface area (Å²) in [6.45, 7) is -0.187. The van der Waals surface area contributed by atoms with Crippen molar-refractivity contribution in [3.05, 3.63) is 63.6 Å². The van der Waals surface area contributed by atoms with E-state index >= 15 is 0 Å². The van der Waals surface area contributed by atoms with Crippen molar-refractivity contribution in [2.75, 3.05) is 6.61 Å². The van der Waals surface area contributed by atoms with Crippen LogP contribution in [-0.4, -0.2) is 18.5 Å². The fraction of sp³-hybridized carbons (Fsp3) is 0.125. The SMILES string of the molecule is NC(=O)COc1ccc(C(=O)OCc2ccc(Cl)cc2Cl)cc1. The van der Waals surface area contributed by atoms with Crippen molar-refractivity contribution < 1.29 is 19.1 Å². The van der Waals surface area contributed by atoms with Gasteiger partial charge in [0.05, 0.1) is 5.56 Å². The molecule has 0 heterocycles. The van der Waals surface area contributed by atoms with E-state index < -0.39 is 11.9 Å². The van der Waals surface area contributed by atoms with Crippen LogP contribution < -0.4 is 10.5 Å². The minimum Gasteiger partial charge on any atom is -0.484 e. The standard InChI is InChI=1S/C16H13Cl2NO4/c17-12-4-1-11(14(18)7-12)8-23-16(21)10-2-5-13(6-3-10)22-9-15(19)20/h1-7H,8-9H2,(H2,19,20). The Bertz CT molecular complexity index is 717. The zero-order chi connectivity index (χ0) is 16.8. The number of hydrogen-bond acceptors (Lipinski definition) is 4. The maximum absolute atomic E-state index is 12.0. The summed E-state index contributed by atoms with van der Waals surface area (Å²) in [5.74, 6) is -0.646. The van der Waals surface area contributed by atoms with Gasteiger partial charge in [0.25, 0.3) is 5.91 Å². The van der Waals surface area contributed by atoms with E-state index in [9.17, 15) is 9.59 Å². The Morgan fingerprint density at radius 1 is 1.04 bits per heavy atom. The van der Waals surface area contributed by atoms with Crippen LogP contribution in [0.2, 0.25) is 10.0 Å². The van der Waals surface area contributed by atoms with Crippen LogP contribution in [0.5, 0.6) is 5.75 Å². The van der Waals surface area contributed by atoms with Crippen molar-refractivity contribution in [2.45, 2.75) is 6.61 Å². The molecule has 120 valence electrons. The molecule has 2 aromatic rings. The Balaban J connectivity index is 1.94. The van der Waals surface area contributed by atoms with Crippen LogP contribution in [0.25, 0.3) is 0 Å². The second kappa shape index (κ2) is 7.85. The van der Waals surface area contributed by atoms with Gasteiger partial charge in [-0.1, -0.05) is 29.3 Å². The summed E-state index contributed by atoms with van der Waals surface area (Å²) in [6, 6.07) is 11.1. The first-order valence-corrected chi connectivity index (χ1v) is 7.33. The topological polar surface area (TPSA) is 78.6 Å². The van der Waals surface area contributed by atoms with E-state index in [4.69, 9.17) is 38.4 Å². The quantitative estimate of drug-likeness (QED) is 0.808. The van der Waals surface area contributed by atoms with E-state index in [0.717, 1.165) is 0 Å². The van der Waals surface area contributed by atoms with Crippen molar-refractivity contribution in [1.82, 2.24) is 0 Å². The highest BCUT2D eigenvalue weighted by molar-refractivity contribution is 6.35. The largest absolute Gasteiger partial charge is 0.484 e. The van der Waals surface area contributed by atoms with Gasteiger partial charge in [-0.05, 0) is 36.4 Å². The average Bonchev–Trinajstić information content (AvgIpc) is 2.52. The Hall–Kier alpha value is -2.24. The van der Waals surface area contributed by atoms with Crippen molar-refractivity contribution in [3.63, 3.8) is 0 Å². The number of primary amides is 1. The highest BCUT2D eigenvalue weighted by Gasteiger charge is 2.09. The Morgan fingerprint density at radius 2 is 1.74 bits per heavy atom. The minimum absolute atomic E-state index is 0.0365. The molecule has 0 aliphatic rings. The molecule has 0 aliphatic heterocycles. The molecule has 0 unspecified atom stereocenters. The minimum atomic E-state index is -0.576. The molecule has 23 heavy (non-hydrogen) atoms. The lowest BCUT2D eigenvalue weighted by atomic mass is 10.2. The maximum Gasteiger partial charge on any atom is 0.338 e. The number of esters is 1. The van der Waals surface area contributed by atoms with Crippen LogP contribution in [0.4, 0.5) is 0 Å². The van der Waals surface area contributed by atoms with Gasteiger partial charge in [-0.2, -0.15) is 0 Å². The van der Waals surface area contributed by atoms with Crippen LogP contribution in [0.3, 0.4) is 0 Å². The average molecular weight is 354 g/mol. The Kier molecular flexibility index (Phi) is 5.84. The molecule has 2 rings (SSSR count). The number of halogens is 2. The summed E-state index contributed by atoms with van der Waals surface area (Å²) in [4.78, 5) is 22.6. The fourth-order valence-electron chi connectivity index (χ4n) is 1.71. The monoisotopic (exact) mass is 353 g/mol. The maximum atomic E-state index is 12.0. The lowest BCUT2D eigenvalue weighted by molar-refractivity contribution is -0.119. The molecule has 0 saturated heterocycles. The Morgan fingerprint density at radius 3 is 2.35 bits per heavy atom. The zero-order valence-corrected chi connectivity index (χ0v) is 13.4. The third kappa shape index (κ3) is 5.16. The Labute approximate surface area is 142 Å². The highest BCUT2D eigenvalue weighted by Crippen LogP contribution is 2.22. The molecule has 2 N–H and O–H groups in total. The first kappa shape index (κ1) is 17.1. The van der Waals surface area contributed by atoms with Gasteiger partial charge in [0.2, 0.25) is 0 Å². The lowest BCUT2D eigenvalue weighted by Crippen LogP contribution is -2.20. The smallest absolute Gasteiger partial charge is 0.338 e. The molecule has 0 atom stereocenters. The van der Waals surface area contributed by atoms with Gasteiger partial charge < -0.3 is 15.2 Å². The summed E-state index contributed by atoms with van der Waals surface area (Å²) in [5, 5.41) is 0.942. The van der Waals surface area contributed by atoms with E-state index in [1.54, 1.807) is 30.3 Å².